The highest BCUT2D eigenvalue weighted by atomic mass is 35.5. The van der Waals surface area contributed by atoms with Gasteiger partial charge in [-0.1, -0.05) is 66.5 Å². The van der Waals surface area contributed by atoms with Crippen molar-refractivity contribution in [1.82, 2.24) is 10.2 Å². The molecule has 0 spiro atoms. The Morgan fingerprint density at radius 3 is 2.32 bits per heavy atom. The quantitative estimate of drug-likeness (QED) is 0.354. The van der Waals surface area contributed by atoms with Crippen LogP contribution in [0.25, 0.3) is 0 Å². The summed E-state index contributed by atoms with van der Waals surface area (Å²) in [5.41, 5.74) is 0.754. The van der Waals surface area contributed by atoms with E-state index in [2.05, 4.69) is 5.32 Å². The van der Waals surface area contributed by atoms with Gasteiger partial charge >= 0.3 is 0 Å². The Hall–Kier alpha value is -3.27. The summed E-state index contributed by atoms with van der Waals surface area (Å²) in [5.74, 6) is -0.386. The topological polar surface area (TPSA) is 96.0 Å². The van der Waals surface area contributed by atoms with Crippen molar-refractivity contribution in [2.45, 2.75) is 30.8 Å². The molecule has 0 radical (unpaired) electrons. The van der Waals surface area contributed by atoms with Crippen LogP contribution in [-0.4, -0.2) is 51.9 Å². The molecule has 0 bridgehead atoms. The minimum Gasteiger partial charge on any atom is -0.497 e. The van der Waals surface area contributed by atoms with E-state index in [0.29, 0.717) is 17.7 Å². The molecule has 0 aliphatic rings. The lowest BCUT2D eigenvalue weighted by Crippen LogP contribution is -2.51. The van der Waals surface area contributed by atoms with Crippen LogP contribution in [0.4, 0.5) is 5.69 Å². The number of halogens is 2. The van der Waals surface area contributed by atoms with E-state index in [4.69, 9.17) is 27.9 Å². The van der Waals surface area contributed by atoms with Crippen molar-refractivity contribution >= 4 is 50.7 Å². The van der Waals surface area contributed by atoms with E-state index < -0.39 is 28.5 Å². The number of sulfonamides is 1. The molecule has 11 heteroatoms. The predicted molar refractivity (Wildman–Crippen MR) is 149 cm³/mol. The van der Waals surface area contributed by atoms with Crippen LogP contribution in [0.5, 0.6) is 5.75 Å². The number of amides is 2. The van der Waals surface area contributed by atoms with Crippen molar-refractivity contribution < 1.29 is 22.7 Å². The number of hydrogen-bond acceptors (Lipinski definition) is 5. The molecule has 1 atom stereocenters. The Morgan fingerprint density at radius 2 is 1.68 bits per heavy atom. The molecular weight excluding hydrogens is 549 g/mol. The minimum absolute atomic E-state index is 0.0147. The summed E-state index contributed by atoms with van der Waals surface area (Å²) in [7, 11) is -1.23. The summed E-state index contributed by atoms with van der Waals surface area (Å²) in [5, 5.41) is 2.71. The van der Waals surface area contributed by atoms with Crippen molar-refractivity contribution in [1.29, 1.82) is 0 Å². The van der Waals surface area contributed by atoms with E-state index in [1.54, 1.807) is 55.5 Å². The number of carbonyl (C=O) groups is 2. The lowest BCUT2D eigenvalue weighted by molar-refractivity contribution is -0.140. The fraction of sp³-hybridized carbons (Fsp3) is 0.259. The molecule has 8 nitrogen and oxygen atoms in total. The third-order valence-corrected chi connectivity index (χ3v) is 8.51. The number of carbonyl (C=O) groups excluding carboxylic acids is 2. The van der Waals surface area contributed by atoms with Gasteiger partial charge in [-0.05, 0) is 48.4 Å². The van der Waals surface area contributed by atoms with E-state index in [1.807, 2.05) is 0 Å². The van der Waals surface area contributed by atoms with Gasteiger partial charge in [0.2, 0.25) is 11.8 Å². The molecule has 0 fully saturated rings. The maximum atomic E-state index is 13.9. The maximum absolute atomic E-state index is 13.9. The number of rotatable bonds is 11. The third-order valence-electron chi connectivity index (χ3n) is 5.93. The zero-order chi connectivity index (χ0) is 27.9. The van der Waals surface area contributed by atoms with E-state index in [0.717, 1.165) is 4.31 Å². The zero-order valence-electron chi connectivity index (χ0n) is 21.2. The summed E-state index contributed by atoms with van der Waals surface area (Å²) < 4.78 is 33.8. The van der Waals surface area contributed by atoms with E-state index in [1.165, 1.54) is 43.3 Å². The first-order chi connectivity index (χ1) is 18.1. The monoisotopic (exact) mass is 577 g/mol. The fourth-order valence-corrected chi connectivity index (χ4v) is 5.87. The van der Waals surface area contributed by atoms with Crippen LogP contribution in [0.15, 0.2) is 77.7 Å². The van der Waals surface area contributed by atoms with Crippen molar-refractivity contribution in [3.8, 4) is 5.75 Å². The van der Waals surface area contributed by atoms with Crippen LogP contribution in [0, 0.1) is 0 Å². The molecule has 0 saturated heterocycles. The summed E-state index contributed by atoms with van der Waals surface area (Å²) in [6.45, 7) is 1.21. The lowest BCUT2D eigenvalue weighted by atomic mass is 10.1. The molecule has 38 heavy (non-hydrogen) atoms. The average Bonchev–Trinajstić information content (AvgIpc) is 2.93. The van der Waals surface area contributed by atoms with Gasteiger partial charge in [-0.15, -0.1) is 0 Å². The molecule has 1 N–H and O–H groups in total. The fourth-order valence-electron chi connectivity index (χ4n) is 3.97. The first-order valence-electron chi connectivity index (χ1n) is 11.8. The van der Waals surface area contributed by atoms with Gasteiger partial charge in [0, 0.05) is 13.6 Å². The highest BCUT2D eigenvalue weighted by Crippen LogP contribution is 2.35. The first kappa shape index (κ1) is 29.3. The van der Waals surface area contributed by atoms with Gasteiger partial charge in [0.1, 0.15) is 18.3 Å². The minimum atomic E-state index is -4.24. The van der Waals surface area contributed by atoms with Gasteiger partial charge in [0.05, 0.1) is 27.7 Å². The highest BCUT2D eigenvalue weighted by molar-refractivity contribution is 7.92. The number of benzene rings is 3. The van der Waals surface area contributed by atoms with Crippen LogP contribution in [-0.2, 0) is 26.2 Å². The van der Waals surface area contributed by atoms with Crippen LogP contribution >= 0.6 is 23.2 Å². The van der Waals surface area contributed by atoms with E-state index in [-0.39, 0.29) is 33.1 Å². The zero-order valence-corrected chi connectivity index (χ0v) is 23.6. The Kier molecular flexibility index (Phi) is 10.0. The SMILES string of the molecule is CC[C@@H](C(=O)NC)N(Cc1cccc(OC)c1)C(=O)CN(c1cccc(Cl)c1Cl)S(=O)(=O)c1ccccc1. The number of methoxy groups -OCH3 is 1. The van der Waals surface area contributed by atoms with Gasteiger partial charge in [0.15, 0.2) is 0 Å². The normalized spacial score (nSPS) is 11.9. The molecule has 0 heterocycles. The Balaban J connectivity index is 2.10. The molecule has 0 aliphatic carbocycles. The smallest absolute Gasteiger partial charge is 0.264 e. The highest BCUT2D eigenvalue weighted by Gasteiger charge is 2.34. The number of ether oxygens (including phenoxy) is 1. The predicted octanol–water partition coefficient (Wildman–Crippen LogP) is 4.75. The molecule has 3 rings (SSSR count). The number of hydrogen-bond donors (Lipinski definition) is 1. The van der Waals surface area contributed by atoms with Gasteiger partial charge in [-0.25, -0.2) is 8.42 Å². The molecule has 2 amide bonds. The van der Waals surface area contributed by atoms with E-state index in [9.17, 15) is 18.0 Å². The molecular formula is C27H29Cl2N3O5S. The van der Waals surface area contributed by atoms with Crippen LogP contribution in [0.2, 0.25) is 10.0 Å². The molecule has 0 aromatic heterocycles. The number of nitrogens with zero attached hydrogens (tertiary/aromatic N) is 2. The Morgan fingerprint density at radius 1 is 1.00 bits per heavy atom. The largest absolute Gasteiger partial charge is 0.497 e. The van der Waals surface area contributed by atoms with Crippen LogP contribution in [0.1, 0.15) is 18.9 Å². The summed E-state index contributed by atoms with van der Waals surface area (Å²) in [6, 6.07) is 18.5. The second kappa shape index (κ2) is 13.0. The van der Waals surface area contributed by atoms with Crippen molar-refractivity contribution in [2.75, 3.05) is 25.0 Å². The molecule has 3 aromatic carbocycles. The van der Waals surface area contributed by atoms with Crippen molar-refractivity contribution in [3.05, 3.63) is 88.4 Å². The molecule has 0 aliphatic heterocycles. The molecule has 0 unspecified atom stereocenters. The van der Waals surface area contributed by atoms with Gasteiger partial charge in [-0.3, -0.25) is 13.9 Å². The van der Waals surface area contributed by atoms with Gasteiger partial charge < -0.3 is 15.0 Å². The Bertz CT molecular complexity index is 1390. The van der Waals surface area contributed by atoms with Gasteiger partial charge in [0.25, 0.3) is 10.0 Å². The second-order valence-corrected chi connectivity index (χ2v) is 11.0. The van der Waals surface area contributed by atoms with E-state index >= 15 is 0 Å². The lowest BCUT2D eigenvalue weighted by Gasteiger charge is -2.33. The number of anilines is 1. The standard InChI is InChI=1S/C27H29Cl2N3O5S/c1-4-23(27(34)30-2)31(17-19-10-8-11-20(16-19)37-3)25(33)18-32(24-15-9-14-22(28)26(24)29)38(35,36)21-12-6-5-7-13-21/h5-16,23H,4,17-18H2,1-3H3,(H,30,34)/t23-/m0/s1. The van der Waals surface area contributed by atoms with Crippen LogP contribution in [0.3, 0.4) is 0 Å². The number of nitrogens with one attached hydrogen (secondary N) is 1. The maximum Gasteiger partial charge on any atom is 0.264 e. The van der Waals surface area contributed by atoms with Crippen molar-refractivity contribution in [2.24, 2.45) is 0 Å². The molecule has 0 saturated carbocycles. The molecule has 202 valence electrons. The summed E-state index contributed by atoms with van der Waals surface area (Å²) in [6.07, 6.45) is 0.304. The van der Waals surface area contributed by atoms with Gasteiger partial charge in [-0.2, -0.15) is 0 Å². The summed E-state index contributed by atoms with van der Waals surface area (Å²) in [4.78, 5) is 28.0. The average molecular weight is 579 g/mol. The van der Waals surface area contributed by atoms with Crippen LogP contribution < -0.4 is 14.4 Å². The second-order valence-electron chi connectivity index (χ2n) is 8.31. The Labute approximate surface area is 233 Å². The number of likely N-dealkylation sites (N-methyl/N-ethyl adjacent to an activating group) is 1. The van der Waals surface area contributed by atoms with Crippen molar-refractivity contribution in [3.63, 3.8) is 0 Å². The molecule has 3 aromatic rings. The first-order valence-corrected chi connectivity index (χ1v) is 14.0. The summed E-state index contributed by atoms with van der Waals surface area (Å²) >= 11 is 12.6. The third kappa shape index (κ3) is 6.59.